The second-order valence-electron chi connectivity index (χ2n) is 7.24. The predicted molar refractivity (Wildman–Crippen MR) is 102 cm³/mol. The van der Waals surface area contributed by atoms with E-state index in [2.05, 4.69) is 9.97 Å². The largest absolute Gasteiger partial charge is 0.244 e. The molecule has 0 amide bonds. The fourth-order valence-corrected chi connectivity index (χ4v) is 6.18. The van der Waals surface area contributed by atoms with Gasteiger partial charge in [0.1, 0.15) is 12.1 Å². The summed E-state index contributed by atoms with van der Waals surface area (Å²) < 4.78 is 41.5. The van der Waals surface area contributed by atoms with Crippen LogP contribution in [0.5, 0.6) is 0 Å². The monoisotopic (exact) mass is 395 g/mol. The standard InChI is InChI=1S/C21H18FN3O2S/c22-16-5-1-14(2-6-16)15-3-8-18(9-4-15)28(26,27)25-17-7-10-21(25)19-12-23-13-24-20(19)11-17/h1-6,8-9,12-13,17,21H,7,10-11H2. The Morgan fingerprint density at radius 1 is 0.964 bits per heavy atom. The molecule has 1 saturated heterocycles. The Morgan fingerprint density at radius 2 is 1.64 bits per heavy atom. The third-order valence-corrected chi connectivity index (χ3v) is 7.64. The minimum Gasteiger partial charge on any atom is -0.244 e. The van der Waals surface area contributed by atoms with Crippen molar-refractivity contribution in [1.82, 2.24) is 14.3 Å². The Hall–Kier alpha value is -2.64. The quantitative estimate of drug-likeness (QED) is 0.678. The molecule has 1 aromatic heterocycles. The third kappa shape index (κ3) is 2.73. The van der Waals surface area contributed by atoms with Gasteiger partial charge < -0.3 is 0 Å². The highest BCUT2D eigenvalue weighted by molar-refractivity contribution is 7.89. The summed E-state index contributed by atoms with van der Waals surface area (Å²) in [7, 11) is -3.63. The van der Waals surface area contributed by atoms with E-state index in [9.17, 15) is 12.8 Å². The minimum atomic E-state index is -3.63. The van der Waals surface area contributed by atoms with Crippen molar-refractivity contribution in [1.29, 1.82) is 0 Å². The number of hydrogen-bond acceptors (Lipinski definition) is 4. The van der Waals surface area contributed by atoms with Crippen molar-refractivity contribution in [3.63, 3.8) is 0 Å². The molecule has 3 aromatic rings. The van der Waals surface area contributed by atoms with Crippen molar-refractivity contribution in [2.24, 2.45) is 0 Å². The third-order valence-electron chi connectivity index (χ3n) is 5.66. The highest BCUT2D eigenvalue weighted by atomic mass is 32.2. The molecule has 1 fully saturated rings. The summed E-state index contributed by atoms with van der Waals surface area (Å²) in [5.41, 5.74) is 3.57. The van der Waals surface area contributed by atoms with E-state index >= 15 is 0 Å². The molecule has 5 nitrogen and oxygen atoms in total. The van der Waals surface area contributed by atoms with Gasteiger partial charge in [-0.15, -0.1) is 0 Å². The van der Waals surface area contributed by atoms with Gasteiger partial charge in [-0.3, -0.25) is 0 Å². The molecule has 7 heteroatoms. The molecular formula is C21H18FN3O2S. The van der Waals surface area contributed by atoms with Crippen LogP contribution in [0.25, 0.3) is 11.1 Å². The summed E-state index contributed by atoms with van der Waals surface area (Å²) in [6, 6.07) is 12.7. The van der Waals surface area contributed by atoms with Crippen LogP contribution in [0.4, 0.5) is 4.39 Å². The lowest BCUT2D eigenvalue weighted by atomic mass is 10.0. The van der Waals surface area contributed by atoms with Gasteiger partial charge in [0.2, 0.25) is 10.0 Å². The second kappa shape index (κ2) is 6.46. The van der Waals surface area contributed by atoms with Gasteiger partial charge in [-0.05, 0) is 48.2 Å². The molecule has 2 aliphatic rings. The fraction of sp³-hybridized carbons (Fsp3) is 0.238. The molecule has 0 spiro atoms. The van der Waals surface area contributed by atoms with E-state index in [-0.39, 0.29) is 22.8 Å². The average molecular weight is 395 g/mol. The van der Waals surface area contributed by atoms with E-state index in [0.29, 0.717) is 6.42 Å². The Bertz CT molecular complexity index is 1130. The Morgan fingerprint density at radius 3 is 2.36 bits per heavy atom. The summed E-state index contributed by atoms with van der Waals surface area (Å²) in [6.45, 7) is 0. The van der Waals surface area contributed by atoms with E-state index < -0.39 is 10.0 Å². The van der Waals surface area contributed by atoms with Gasteiger partial charge in [0.05, 0.1) is 16.6 Å². The zero-order chi connectivity index (χ0) is 19.3. The fourth-order valence-electron chi connectivity index (χ4n) is 4.33. The van der Waals surface area contributed by atoms with Gasteiger partial charge in [0.15, 0.2) is 0 Å². The molecule has 28 heavy (non-hydrogen) atoms. The molecule has 142 valence electrons. The molecule has 2 atom stereocenters. The summed E-state index contributed by atoms with van der Waals surface area (Å²) in [4.78, 5) is 8.71. The zero-order valence-corrected chi connectivity index (χ0v) is 15.8. The molecule has 0 aliphatic carbocycles. The maximum absolute atomic E-state index is 13.4. The summed E-state index contributed by atoms with van der Waals surface area (Å²) in [5.74, 6) is -0.298. The maximum atomic E-state index is 13.4. The van der Waals surface area contributed by atoms with Crippen molar-refractivity contribution in [2.45, 2.75) is 36.2 Å². The molecular weight excluding hydrogens is 377 g/mol. The number of aromatic nitrogens is 2. The molecule has 0 radical (unpaired) electrons. The van der Waals surface area contributed by atoms with Crippen LogP contribution in [0.1, 0.15) is 30.1 Å². The van der Waals surface area contributed by atoms with Crippen LogP contribution in [0.3, 0.4) is 0 Å². The van der Waals surface area contributed by atoms with E-state index in [0.717, 1.165) is 35.2 Å². The summed E-state index contributed by atoms with van der Waals surface area (Å²) in [5, 5.41) is 0. The molecule has 2 bridgehead atoms. The number of rotatable bonds is 3. The highest BCUT2D eigenvalue weighted by Crippen LogP contribution is 2.45. The van der Waals surface area contributed by atoms with Crippen molar-refractivity contribution in [2.75, 3.05) is 0 Å². The first kappa shape index (κ1) is 17.5. The number of hydrogen-bond donors (Lipinski definition) is 0. The van der Waals surface area contributed by atoms with Crippen molar-refractivity contribution < 1.29 is 12.8 Å². The molecule has 3 heterocycles. The normalized spacial score (nSPS) is 21.5. The number of benzene rings is 2. The van der Waals surface area contributed by atoms with Crippen LogP contribution in [0.15, 0.2) is 66.0 Å². The first-order valence-electron chi connectivity index (χ1n) is 9.22. The van der Waals surface area contributed by atoms with E-state index in [4.69, 9.17) is 0 Å². The number of sulfonamides is 1. The molecule has 2 unspecified atom stereocenters. The smallest absolute Gasteiger partial charge is 0.243 e. The van der Waals surface area contributed by atoms with Gasteiger partial charge >= 0.3 is 0 Å². The maximum Gasteiger partial charge on any atom is 0.243 e. The van der Waals surface area contributed by atoms with Crippen molar-refractivity contribution in [3.05, 3.63) is 78.1 Å². The van der Waals surface area contributed by atoms with Crippen LogP contribution in [-0.4, -0.2) is 28.7 Å². The van der Waals surface area contributed by atoms with Gasteiger partial charge in [0.25, 0.3) is 0 Å². The average Bonchev–Trinajstić information content (AvgIpc) is 3.05. The number of nitrogens with zero attached hydrogens (tertiary/aromatic N) is 3. The van der Waals surface area contributed by atoms with Gasteiger partial charge in [-0.1, -0.05) is 24.3 Å². The highest BCUT2D eigenvalue weighted by Gasteiger charge is 2.47. The van der Waals surface area contributed by atoms with Crippen LogP contribution in [0.2, 0.25) is 0 Å². The van der Waals surface area contributed by atoms with Gasteiger partial charge in [0, 0.05) is 24.2 Å². The molecule has 0 saturated carbocycles. The molecule has 2 aromatic carbocycles. The number of fused-ring (bicyclic) bond motifs is 4. The molecule has 0 N–H and O–H groups in total. The van der Waals surface area contributed by atoms with Gasteiger partial charge in [-0.25, -0.2) is 22.8 Å². The lowest BCUT2D eigenvalue weighted by Gasteiger charge is -2.34. The predicted octanol–water partition coefficient (Wildman–Crippen LogP) is 3.73. The Balaban J connectivity index is 1.49. The van der Waals surface area contributed by atoms with E-state index in [1.165, 1.54) is 18.5 Å². The topological polar surface area (TPSA) is 63.2 Å². The van der Waals surface area contributed by atoms with E-state index in [1.54, 1.807) is 46.9 Å². The van der Waals surface area contributed by atoms with Crippen molar-refractivity contribution in [3.8, 4) is 11.1 Å². The van der Waals surface area contributed by atoms with Crippen LogP contribution in [-0.2, 0) is 16.4 Å². The SMILES string of the molecule is O=S(=O)(c1ccc(-c2ccc(F)cc2)cc1)N1C2CCC1c1cncnc1C2. The second-order valence-corrected chi connectivity index (χ2v) is 9.09. The van der Waals surface area contributed by atoms with E-state index in [1.807, 2.05) is 0 Å². The lowest BCUT2D eigenvalue weighted by molar-refractivity contribution is 0.300. The minimum absolute atomic E-state index is 0.0609. The summed E-state index contributed by atoms with van der Waals surface area (Å²) in [6.07, 6.45) is 5.51. The summed E-state index contributed by atoms with van der Waals surface area (Å²) >= 11 is 0. The zero-order valence-electron chi connectivity index (χ0n) is 15.0. The lowest BCUT2D eigenvalue weighted by Crippen LogP contribution is -2.42. The van der Waals surface area contributed by atoms with Crippen LogP contribution >= 0.6 is 0 Å². The first-order chi connectivity index (χ1) is 13.5. The Labute approximate surface area is 162 Å². The molecule has 5 rings (SSSR count). The number of halogens is 1. The van der Waals surface area contributed by atoms with Crippen LogP contribution in [0, 0.1) is 5.82 Å². The Kier molecular flexibility index (Phi) is 4.03. The van der Waals surface area contributed by atoms with Gasteiger partial charge in [-0.2, -0.15) is 4.31 Å². The first-order valence-corrected chi connectivity index (χ1v) is 10.7. The molecule has 2 aliphatic heterocycles. The van der Waals surface area contributed by atoms with Crippen molar-refractivity contribution >= 4 is 10.0 Å². The van der Waals surface area contributed by atoms with Crippen LogP contribution < -0.4 is 0 Å².